The van der Waals surface area contributed by atoms with Crippen LogP contribution in [0.4, 0.5) is 4.79 Å². The van der Waals surface area contributed by atoms with Crippen molar-refractivity contribution in [3.05, 3.63) is 35.4 Å². The van der Waals surface area contributed by atoms with Crippen molar-refractivity contribution in [1.82, 2.24) is 15.1 Å². The average molecular weight is 357 g/mol. The molecule has 4 rings (SSSR count). The van der Waals surface area contributed by atoms with Crippen molar-refractivity contribution in [2.45, 2.75) is 63.7 Å². The lowest BCUT2D eigenvalue weighted by Gasteiger charge is -2.49. The van der Waals surface area contributed by atoms with Crippen molar-refractivity contribution < 1.29 is 9.53 Å². The van der Waals surface area contributed by atoms with Gasteiger partial charge in [0.2, 0.25) is 0 Å². The van der Waals surface area contributed by atoms with Crippen LogP contribution in [0.1, 0.15) is 43.2 Å². The predicted molar refractivity (Wildman–Crippen MR) is 102 cm³/mol. The van der Waals surface area contributed by atoms with Gasteiger partial charge in [-0.2, -0.15) is 0 Å². The zero-order chi connectivity index (χ0) is 17.9. The number of carbonyl (C=O) groups is 1. The summed E-state index contributed by atoms with van der Waals surface area (Å²) < 4.78 is 5.35. The number of nitrogens with zero attached hydrogens (tertiary/aromatic N) is 2. The van der Waals surface area contributed by atoms with Gasteiger partial charge in [-0.05, 0) is 38.2 Å². The van der Waals surface area contributed by atoms with Crippen molar-refractivity contribution in [3.8, 4) is 0 Å². The molecular formula is C21H31N3O2. The van der Waals surface area contributed by atoms with Gasteiger partial charge < -0.3 is 15.0 Å². The number of rotatable bonds is 3. The molecule has 1 aromatic carbocycles. The lowest BCUT2D eigenvalue weighted by Crippen LogP contribution is -2.58. The molecule has 0 radical (unpaired) electrons. The van der Waals surface area contributed by atoms with E-state index in [0.717, 1.165) is 19.4 Å². The first-order valence-electron chi connectivity index (χ1n) is 10.1. The highest BCUT2D eigenvalue weighted by atomic mass is 16.5. The first kappa shape index (κ1) is 17.8. The van der Waals surface area contributed by atoms with Crippen LogP contribution in [0.25, 0.3) is 0 Å². The van der Waals surface area contributed by atoms with Crippen LogP contribution in [0.15, 0.2) is 24.3 Å². The molecule has 2 amide bonds. The first-order valence-corrected chi connectivity index (χ1v) is 10.1. The van der Waals surface area contributed by atoms with Gasteiger partial charge in [-0.25, -0.2) is 4.79 Å². The second-order valence-corrected chi connectivity index (χ2v) is 8.11. The average Bonchev–Trinajstić information content (AvgIpc) is 2.65. The van der Waals surface area contributed by atoms with E-state index in [9.17, 15) is 4.79 Å². The molecule has 2 atom stereocenters. The smallest absolute Gasteiger partial charge is 0.317 e. The Kier molecular flexibility index (Phi) is 5.46. The molecule has 0 spiro atoms. The third-order valence-electron chi connectivity index (χ3n) is 6.24. The van der Waals surface area contributed by atoms with E-state index in [0.29, 0.717) is 44.4 Å². The van der Waals surface area contributed by atoms with Crippen molar-refractivity contribution in [3.63, 3.8) is 0 Å². The van der Waals surface area contributed by atoms with Gasteiger partial charge in [0.15, 0.2) is 0 Å². The zero-order valence-electron chi connectivity index (χ0n) is 15.8. The zero-order valence-corrected chi connectivity index (χ0v) is 15.8. The number of hydrogen-bond donors (Lipinski definition) is 1. The monoisotopic (exact) mass is 357 g/mol. The Bertz CT molecular complexity index is 598. The van der Waals surface area contributed by atoms with E-state index in [-0.39, 0.29) is 6.03 Å². The number of aryl methyl sites for hydroxylation is 1. The Morgan fingerprint density at radius 3 is 2.42 bits per heavy atom. The molecule has 1 N–H and O–H groups in total. The fourth-order valence-electron chi connectivity index (χ4n) is 4.79. The van der Waals surface area contributed by atoms with Crippen LogP contribution >= 0.6 is 0 Å². The minimum absolute atomic E-state index is 0.100. The van der Waals surface area contributed by atoms with Crippen LogP contribution in [0.3, 0.4) is 0 Å². The maximum absolute atomic E-state index is 12.5. The quantitative estimate of drug-likeness (QED) is 0.905. The van der Waals surface area contributed by atoms with Gasteiger partial charge in [0.05, 0.1) is 13.2 Å². The van der Waals surface area contributed by atoms with Crippen molar-refractivity contribution in [2.24, 2.45) is 0 Å². The summed E-state index contributed by atoms with van der Waals surface area (Å²) >= 11 is 0. The summed E-state index contributed by atoms with van der Waals surface area (Å²) in [6, 6.07) is 10.5. The van der Waals surface area contributed by atoms with E-state index in [1.54, 1.807) is 0 Å². The van der Waals surface area contributed by atoms with Crippen LogP contribution in [0.2, 0.25) is 0 Å². The summed E-state index contributed by atoms with van der Waals surface area (Å²) in [4.78, 5) is 17.1. The number of hydrogen-bond acceptors (Lipinski definition) is 3. The summed E-state index contributed by atoms with van der Waals surface area (Å²) in [5.74, 6) is 0. The molecule has 2 bridgehead atoms. The molecule has 5 nitrogen and oxygen atoms in total. The molecular weight excluding hydrogens is 326 g/mol. The fourth-order valence-corrected chi connectivity index (χ4v) is 4.79. The van der Waals surface area contributed by atoms with E-state index in [4.69, 9.17) is 4.74 Å². The normalized spacial score (nSPS) is 29.4. The molecule has 3 aliphatic heterocycles. The van der Waals surface area contributed by atoms with Gasteiger partial charge in [-0.1, -0.05) is 36.2 Å². The number of carbonyl (C=O) groups excluding carboxylic acids is 1. The molecule has 3 aliphatic rings. The number of ether oxygens (including phenoxy) is 1. The van der Waals surface area contributed by atoms with Gasteiger partial charge in [0.25, 0.3) is 0 Å². The number of benzene rings is 1. The second kappa shape index (κ2) is 7.97. The number of morpholine rings is 1. The molecule has 3 heterocycles. The Hall–Kier alpha value is -1.59. The van der Waals surface area contributed by atoms with Gasteiger partial charge in [-0.15, -0.1) is 0 Å². The maximum Gasteiger partial charge on any atom is 0.317 e. The van der Waals surface area contributed by atoms with E-state index in [2.05, 4.69) is 41.4 Å². The number of amides is 2. The Balaban J connectivity index is 1.36. The van der Waals surface area contributed by atoms with Crippen molar-refractivity contribution in [2.75, 3.05) is 26.3 Å². The molecule has 3 fully saturated rings. The fraction of sp³-hybridized carbons (Fsp3) is 0.667. The predicted octanol–water partition coefficient (Wildman–Crippen LogP) is 2.92. The van der Waals surface area contributed by atoms with Gasteiger partial charge in [-0.3, -0.25) is 4.90 Å². The molecule has 142 valence electrons. The van der Waals surface area contributed by atoms with E-state index >= 15 is 0 Å². The van der Waals surface area contributed by atoms with Gasteiger partial charge in [0.1, 0.15) is 0 Å². The SMILES string of the molecule is Cc1ccc(CN2[C@@H]3CCC[C@@H]2CC(NC(=O)N2CCOCC2)C3)cc1. The molecule has 1 aromatic rings. The Morgan fingerprint density at radius 2 is 1.77 bits per heavy atom. The van der Waals surface area contributed by atoms with Crippen LogP contribution in [-0.2, 0) is 11.3 Å². The first-order chi connectivity index (χ1) is 12.7. The molecule has 3 saturated heterocycles. The molecule has 0 aliphatic carbocycles. The number of nitrogens with one attached hydrogen (secondary N) is 1. The topological polar surface area (TPSA) is 44.8 Å². The van der Waals surface area contributed by atoms with Crippen LogP contribution in [0, 0.1) is 6.92 Å². The number of fused-ring (bicyclic) bond motifs is 2. The lowest BCUT2D eigenvalue weighted by molar-refractivity contribution is 0.0161. The van der Waals surface area contributed by atoms with Crippen LogP contribution in [0.5, 0.6) is 0 Å². The third kappa shape index (κ3) is 4.04. The maximum atomic E-state index is 12.5. The van der Waals surface area contributed by atoms with Crippen LogP contribution < -0.4 is 5.32 Å². The van der Waals surface area contributed by atoms with E-state index in [1.807, 2.05) is 4.90 Å². The van der Waals surface area contributed by atoms with Crippen LogP contribution in [-0.4, -0.2) is 60.3 Å². The van der Waals surface area contributed by atoms with E-state index < -0.39 is 0 Å². The second-order valence-electron chi connectivity index (χ2n) is 8.11. The molecule has 0 saturated carbocycles. The molecule has 0 unspecified atom stereocenters. The largest absolute Gasteiger partial charge is 0.378 e. The van der Waals surface area contributed by atoms with Gasteiger partial charge in [0, 0.05) is 37.8 Å². The number of piperidine rings is 2. The molecule has 26 heavy (non-hydrogen) atoms. The standard InChI is InChI=1S/C21H31N3O2/c1-16-5-7-17(8-6-16)15-24-19-3-2-4-20(24)14-18(13-19)22-21(25)23-9-11-26-12-10-23/h5-8,18-20H,2-4,9-15H2,1H3,(H,22,25)/t19-,20-/m1/s1. The third-order valence-corrected chi connectivity index (χ3v) is 6.24. The summed E-state index contributed by atoms with van der Waals surface area (Å²) in [5.41, 5.74) is 2.72. The summed E-state index contributed by atoms with van der Waals surface area (Å²) in [6.45, 7) is 5.93. The van der Waals surface area contributed by atoms with E-state index in [1.165, 1.54) is 30.4 Å². The minimum Gasteiger partial charge on any atom is -0.378 e. The minimum atomic E-state index is 0.100. The Morgan fingerprint density at radius 1 is 1.12 bits per heavy atom. The highest BCUT2D eigenvalue weighted by Gasteiger charge is 2.38. The Labute approximate surface area is 156 Å². The summed E-state index contributed by atoms with van der Waals surface area (Å²) in [7, 11) is 0. The highest BCUT2D eigenvalue weighted by molar-refractivity contribution is 5.74. The molecule has 5 heteroatoms. The summed E-state index contributed by atoms with van der Waals surface area (Å²) in [5, 5.41) is 3.31. The van der Waals surface area contributed by atoms with Gasteiger partial charge >= 0.3 is 6.03 Å². The molecule has 0 aromatic heterocycles. The number of urea groups is 1. The van der Waals surface area contributed by atoms with Crippen molar-refractivity contribution >= 4 is 6.03 Å². The lowest BCUT2D eigenvalue weighted by atomic mass is 9.81. The highest BCUT2D eigenvalue weighted by Crippen LogP contribution is 2.35. The van der Waals surface area contributed by atoms with Crippen molar-refractivity contribution in [1.29, 1.82) is 0 Å². The summed E-state index contributed by atoms with van der Waals surface area (Å²) in [6.07, 6.45) is 6.00.